The average Bonchev–Trinajstić information content (AvgIpc) is 3.06. The van der Waals surface area contributed by atoms with Gasteiger partial charge in [0.05, 0.1) is 21.6 Å². The van der Waals surface area contributed by atoms with Crippen molar-refractivity contribution in [3.8, 4) is 0 Å². The summed E-state index contributed by atoms with van der Waals surface area (Å²) in [6.07, 6.45) is 6.04. The Bertz CT molecular complexity index is 467. The van der Waals surface area contributed by atoms with Crippen LogP contribution >= 0.6 is 22.9 Å². The summed E-state index contributed by atoms with van der Waals surface area (Å²) in [5.74, 6) is 0. The van der Waals surface area contributed by atoms with Gasteiger partial charge in [-0.05, 0) is 30.9 Å². The van der Waals surface area contributed by atoms with Crippen molar-refractivity contribution >= 4 is 22.9 Å². The minimum atomic E-state index is 0.299. The molecule has 0 saturated heterocycles. The molecule has 6 heteroatoms. The lowest BCUT2D eigenvalue weighted by molar-refractivity contribution is 0.530. The standard InChI is InChI=1S/C13H20N4S2/c1-3-5-10-13(19-17-16-10)11(14-6-4-2)9-12-15-7-8-18-12/h7-8,11,14H,3-6,9H2,1-2H3. The molecule has 0 aliphatic carbocycles. The predicted octanol–water partition coefficient (Wildman–Crippen LogP) is 3.23. The number of nitrogens with one attached hydrogen (secondary N) is 1. The second kappa shape index (κ2) is 7.67. The van der Waals surface area contributed by atoms with E-state index in [0.29, 0.717) is 6.04 Å². The number of aromatic nitrogens is 3. The van der Waals surface area contributed by atoms with Crippen LogP contribution in [0.15, 0.2) is 11.6 Å². The second-order valence-corrected chi connectivity index (χ2v) is 6.24. The first-order chi connectivity index (χ1) is 9.35. The fourth-order valence-electron chi connectivity index (χ4n) is 1.99. The van der Waals surface area contributed by atoms with Crippen molar-refractivity contribution in [3.05, 3.63) is 27.2 Å². The van der Waals surface area contributed by atoms with Crippen LogP contribution in [0.1, 0.15) is 48.3 Å². The Kier molecular flexibility index (Phi) is 5.88. The molecular formula is C13H20N4S2. The molecule has 0 radical (unpaired) electrons. The number of hydrogen-bond acceptors (Lipinski definition) is 6. The maximum Gasteiger partial charge on any atom is 0.0944 e. The highest BCUT2D eigenvalue weighted by atomic mass is 32.1. The third-order valence-corrected chi connectivity index (χ3v) is 4.57. The van der Waals surface area contributed by atoms with Gasteiger partial charge in [0.15, 0.2) is 0 Å². The van der Waals surface area contributed by atoms with Gasteiger partial charge in [0, 0.05) is 18.0 Å². The van der Waals surface area contributed by atoms with Crippen molar-refractivity contribution in [3.63, 3.8) is 0 Å². The van der Waals surface area contributed by atoms with Crippen LogP contribution in [-0.4, -0.2) is 21.1 Å². The van der Waals surface area contributed by atoms with Gasteiger partial charge in [-0.15, -0.1) is 16.4 Å². The molecule has 19 heavy (non-hydrogen) atoms. The third kappa shape index (κ3) is 4.06. The Morgan fingerprint density at radius 2 is 2.21 bits per heavy atom. The normalized spacial score (nSPS) is 12.7. The molecule has 0 amide bonds. The maximum atomic E-state index is 4.39. The van der Waals surface area contributed by atoms with Gasteiger partial charge >= 0.3 is 0 Å². The highest BCUT2D eigenvalue weighted by Gasteiger charge is 2.19. The molecule has 2 rings (SSSR count). The molecule has 0 spiro atoms. The summed E-state index contributed by atoms with van der Waals surface area (Å²) < 4.78 is 4.13. The molecular weight excluding hydrogens is 276 g/mol. The van der Waals surface area contributed by atoms with Gasteiger partial charge in [0.25, 0.3) is 0 Å². The van der Waals surface area contributed by atoms with E-state index >= 15 is 0 Å². The quantitative estimate of drug-likeness (QED) is 0.812. The lowest BCUT2D eigenvalue weighted by Gasteiger charge is -2.16. The molecule has 1 atom stereocenters. The smallest absolute Gasteiger partial charge is 0.0944 e. The van der Waals surface area contributed by atoms with Crippen LogP contribution in [0.5, 0.6) is 0 Å². The topological polar surface area (TPSA) is 50.7 Å². The SMILES string of the molecule is CCCNC(Cc1nccs1)c1snnc1CCC. The number of aryl methyl sites for hydroxylation is 1. The van der Waals surface area contributed by atoms with Crippen molar-refractivity contribution in [2.75, 3.05) is 6.54 Å². The van der Waals surface area contributed by atoms with Crippen LogP contribution in [0.2, 0.25) is 0 Å². The zero-order valence-corrected chi connectivity index (χ0v) is 13.1. The average molecular weight is 296 g/mol. The first-order valence-electron chi connectivity index (χ1n) is 6.78. The molecule has 2 heterocycles. The number of rotatable bonds is 8. The van der Waals surface area contributed by atoms with Crippen LogP contribution in [-0.2, 0) is 12.8 Å². The van der Waals surface area contributed by atoms with Crippen LogP contribution in [0, 0.1) is 0 Å². The first-order valence-corrected chi connectivity index (χ1v) is 8.43. The molecule has 2 aromatic heterocycles. The van der Waals surface area contributed by atoms with E-state index < -0.39 is 0 Å². The van der Waals surface area contributed by atoms with E-state index in [4.69, 9.17) is 0 Å². The molecule has 0 aromatic carbocycles. The molecule has 104 valence electrons. The Hall–Kier alpha value is -0.850. The van der Waals surface area contributed by atoms with Gasteiger partial charge in [-0.2, -0.15) is 0 Å². The first kappa shape index (κ1) is 14.6. The molecule has 0 bridgehead atoms. The van der Waals surface area contributed by atoms with E-state index in [1.54, 1.807) is 11.3 Å². The van der Waals surface area contributed by atoms with Crippen LogP contribution in [0.3, 0.4) is 0 Å². The highest BCUT2D eigenvalue weighted by molar-refractivity contribution is 7.09. The molecule has 1 N–H and O–H groups in total. The lowest BCUT2D eigenvalue weighted by atomic mass is 10.1. The van der Waals surface area contributed by atoms with Crippen molar-refractivity contribution in [2.24, 2.45) is 0 Å². The predicted molar refractivity (Wildman–Crippen MR) is 80.8 cm³/mol. The molecule has 1 unspecified atom stereocenters. The largest absolute Gasteiger partial charge is 0.309 e. The second-order valence-electron chi connectivity index (χ2n) is 4.47. The molecule has 0 saturated carbocycles. The molecule has 2 aromatic rings. The summed E-state index contributed by atoms with van der Waals surface area (Å²) >= 11 is 3.24. The number of nitrogens with zero attached hydrogens (tertiary/aromatic N) is 3. The van der Waals surface area contributed by atoms with E-state index in [1.807, 2.05) is 11.6 Å². The summed E-state index contributed by atoms with van der Waals surface area (Å²) in [6.45, 7) is 5.38. The fraction of sp³-hybridized carbons (Fsp3) is 0.615. The zero-order valence-electron chi connectivity index (χ0n) is 11.4. The Balaban J connectivity index is 2.13. The highest BCUT2D eigenvalue weighted by Crippen LogP contribution is 2.25. The number of hydrogen-bond donors (Lipinski definition) is 1. The van der Waals surface area contributed by atoms with Gasteiger partial charge in [0.2, 0.25) is 0 Å². The summed E-state index contributed by atoms with van der Waals surface area (Å²) in [4.78, 5) is 5.67. The van der Waals surface area contributed by atoms with Gasteiger partial charge in [0.1, 0.15) is 0 Å². The molecule has 0 aliphatic rings. The van der Waals surface area contributed by atoms with E-state index in [9.17, 15) is 0 Å². The summed E-state index contributed by atoms with van der Waals surface area (Å²) in [7, 11) is 0. The minimum Gasteiger partial charge on any atom is -0.309 e. The van der Waals surface area contributed by atoms with Crippen LogP contribution in [0.25, 0.3) is 0 Å². The van der Waals surface area contributed by atoms with Crippen molar-refractivity contribution in [1.29, 1.82) is 0 Å². The van der Waals surface area contributed by atoms with Crippen LogP contribution < -0.4 is 5.32 Å². The third-order valence-electron chi connectivity index (χ3n) is 2.89. The lowest BCUT2D eigenvalue weighted by Crippen LogP contribution is -2.24. The Morgan fingerprint density at radius 3 is 2.89 bits per heavy atom. The molecule has 4 nitrogen and oxygen atoms in total. The maximum absolute atomic E-state index is 4.39. The summed E-state index contributed by atoms with van der Waals surface area (Å²) in [5, 5.41) is 11.1. The van der Waals surface area contributed by atoms with Crippen LogP contribution in [0.4, 0.5) is 0 Å². The van der Waals surface area contributed by atoms with E-state index in [0.717, 1.165) is 37.9 Å². The summed E-state index contributed by atoms with van der Waals surface area (Å²) in [5.41, 5.74) is 1.15. The van der Waals surface area contributed by atoms with E-state index in [1.165, 1.54) is 21.4 Å². The van der Waals surface area contributed by atoms with Crippen molar-refractivity contribution < 1.29 is 0 Å². The molecule has 0 aliphatic heterocycles. The van der Waals surface area contributed by atoms with Gasteiger partial charge in [-0.3, -0.25) is 0 Å². The van der Waals surface area contributed by atoms with E-state index in [-0.39, 0.29) is 0 Å². The van der Waals surface area contributed by atoms with Gasteiger partial charge in [-0.25, -0.2) is 4.98 Å². The van der Waals surface area contributed by atoms with E-state index in [2.05, 4.69) is 33.7 Å². The van der Waals surface area contributed by atoms with Gasteiger partial charge in [-0.1, -0.05) is 24.8 Å². The van der Waals surface area contributed by atoms with Crippen molar-refractivity contribution in [1.82, 2.24) is 19.9 Å². The number of thiazole rings is 1. The Morgan fingerprint density at radius 1 is 1.32 bits per heavy atom. The molecule has 0 fully saturated rings. The summed E-state index contributed by atoms with van der Waals surface area (Å²) in [6, 6.07) is 0.299. The Labute approximate surface area is 122 Å². The minimum absolute atomic E-state index is 0.299. The zero-order chi connectivity index (χ0) is 13.5. The fourth-order valence-corrected chi connectivity index (χ4v) is 3.43. The van der Waals surface area contributed by atoms with Gasteiger partial charge < -0.3 is 5.32 Å². The monoisotopic (exact) mass is 296 g/mol. The van der Waals surface area contributed by atoms with Crippen molar-refractivity contribution in [2.45, 2.75) is 45.6 Å².